The van der Waals surface area contributed by atoms with Gasteiger partial charge in [-0.1, -0.05) is 12.0 Å². The van der Waals surface area contributed by atoms with Crippen LogP contribution in [0.1, 0.15) is 23.9 Å². The van der Waals surface area contributed by atoms with Gasteiger partial charge in [-0.25, -0.2) is 9.97 Å². The first-order valence-electron chi connectivity index (χ1n) is 11.0. The monoisotopic (exact) mass is 449 g/mol. The highest BCUT2D eigenvalue weighted by atomic mass is 16.3. The van der Waals surface area contributed by atoms with Crippen LogP contribution < -0.4 is 10.6 Å². The van der Waals surface area contributed by atoms with Gasteiger partial charge in [-0.15, -0.1) is 0 Å². The van der Waals surface area contributed by atoms with E-state index in [1.807, 2.05) is 66.1 Å². The van der Waals surface area contributed by atoms with Gasteiger partial charge in [0.05, 0.1) is 23.7 Å². The van der Waals surface area contributed by atoms with Crippen molar-refractivity contribution in [1.29, 1.82) is 0 Å². The Morgan fingerprint density at radius 2 is 1.97 bits per heavy atom. The lowest BCUT2D eigenvalue weighted by Crippen LogP contribution is -2.35. The molecule has 0 saturated heterocycles. The predicted molar refractivity (Wildman–Crippen MR) is 133 cm³/mol. The molecule has 5 rings (SSSR count). The summed E-state index contributed by atoms with van der Waals surface area (Å²) in [6.45, 7) is 3.76. The number of aromatic nitrogens is 3. The second kappa shape index (κ2) is 8.85. The predicted octanol–water partition coefficient (Wildman–Crippen LogP) is 4.40. The molecule has 0 aliphatic heterocycles. The maximum Gasteiger partial charge on any atom is 0.242 e. The molecule has 0 fully saturated rings. The minimum Gasteiger partial charge on any atom is -0.464 e. The molecular weight excluding hydrogens is 426 g/mol. The van der Waals surface area contributed by atoms with Crippen molar-refractivity contribution in [2.75, 3.05) is 12.4 Å². The number of hydrogen-bond donors (Lipinski definition) is 2. The van der Waals surface area contributed by atoms with E-state index < -0.39 is 0 Å². The minimum absolute atomic E-state index is 0.168. The van der Waals surface area contributed by atoms with Crippen molar-refractivity contribution in [3.8, 4) is 23.1 Å². The molecule has 0 aliphatic carbocycles. The number of hydrogen-bond acceptors (Lipinski definition) is 5. The maximum absolute atomic E-state index is 12.4. The number of nitrogens with one attached hydrogen (secondary N) is 2. The third kappa shape index (κ3) is 4.03. The number of fused-ring (bicyclic) bond motifs is 2. The van der Waals surface area contributed by atoms with Crippen molar-refractivity contribution in [2.45, 2.75) is 19.9 Å². The van der Waals surface area contributed by atoms with Gasteiger partial charge in [0.25, 0.3) is 0 Å². The fourth-order valence-corrected chi connectivity index (χ4v) is 3.79. The number of carbonyl (C=O) groups is 1. The number of carbonyl (C=O) groups excluding carboxylic acids is 1. The lowest BCUT2D eigenvalue weighted by Gasteiger charge is -2.12. The summed E-state index contributed by atoms with van der Waals surface area (Å²) < 4.78 is 7.45. The molecule has 7 heteroatoms. The van der Waals surface area contributed by atoms with Crippen LogP contribution in [0.15, 0.2) is 71.5 Å². The van der Waals surface area contributed by atoms with E-state index in [0.717, 1.165) is 39.1 Å². The molecule has 0 aliphatic rings. The van der Waals surface area contributed by atoms with Crippen LogP contribution in [0.3, 0.4) is 0 Å². The van der Waals surface area contributed by atoms with Crippen LogP contribution >= 0.6 is 0 Å². The van der Waals surface area contributed by atoms with Crippen LogP contribution in [-0.4, -0.2) is 33.4 Å². The molecule has 1 amide bonds. The van der Waals surface area contributed by atoms with Gasteiger partial charge in [0, 0.05) is 22.7 Å². The molecule has 0 radical (unpaired) electrons. The summed E-state index contributed by atoms with van der Waals surface area (Å²) in [7, 11) is 1.74. The third-order valence-corrected chi connectivity index (χ3v) is 5.71. The molecule has 0 spiro atoms. The SMILES string of the molecule is CNC(C)C(=O)Nc1ccc(-c2c(C)nc3ccccn23)c(C#Cc2ccc3occc3c2)n1. The van der Waals surface area contributed by atoms with Gasteiger partial charge in [-0.2, -0.15) is 0 Å². The zero-order valence-electron chi connectivity index (χ0n) is 19.1. The first kappa shape index (κ1) is 21.4. The Kier molecular flexibility index (Phi) is 5.58. The number of furan rings is 1. The highest BCUT2D eigenvalue weighted by Gasteiger charge is 2.17. The number of pyridine rings is 2. The van der Waals surface area contributed by atoms with Gasteiger partial charge >= 0.3 is 0 Å². The van der Waals surface area contributed by atoms with E-state index in [4.69, 9.17) is 9.40 Å². The zero-order chi connectivity index (χ0) is 23.7. The van der Waals surface area contributed by atoms with Crippen molar-refractivity contribution in [3.63, 3.8) is 0 Å². The molecule has 4 aromatic heterocycles. The Labute approximate surface area is 196 Å². The average molecular weight is 450 g/mol. The van der Waals surface area contributed by atoms with Crippen molar-refractivity contribution in [2.24, 2.45) is 0 Å². The molecule has 2 N–H and O–H groups in total. The largest absolute Gasteiger partial charge is 0.464 e. The molecule has 1 atom stereocenters. The molecule has 0 bridgehead atoms. The van der Waals surface area contributed by atoms with Crippen molar-refractivity contribution < 1.29 is 9.21 Å². The number of imidazole rings is 1. The molecular formula is C27H23N5O2. The Balaban J connectivity index is 1.62. The Hall–Kier alpha value is -4.41. The number of rotatable bonds is 4. The van der Waals surface area contributed by atoms with Crippen molar-refractivity contribution in [3.05, 3.63) is 84.0 Å². The van der Waals surface area contributed by atoms with E-state index >= 15 is 0 Å². The number of amides is 1. The second-order valence-corrected chi connectivity index (χ2v) is 7.99. The summed E-state index contributed by atoms with van der Waals surface area (Å²) in [4.78, 5) is 21.8. The number of likely N-dealkylation sites (N-methyl/N-ethyl adjacent to an activating group) is 1. The number of benzene rings is 1. The zero-order valence-corrected chi connectivity index (χ0v) is 19.1. The van der Waals surface area contributed by atoms with Gasteiger partial charge in [0.15, 0.2) is 0 Å². The van der Waals surface area contributed by atoms with Gasteiger partial charge in [0.1, 0.15) is 22.7 Å². The van der Waals surface area contributed by atoms with Crippen LogP contribution in [-0.2, 0) is 4.79 Å². The summed E-state index contributed by atoms with van der Waals surface area (Å²) in [6.07, 6.45) is 3.63. The molecule has 1 aromatic carbocycles. The van der Waals surface area contributed by atoms with Crippen LogP contribution in [0, 0.1) is 18.8 Å². The maximum atomic E-state index is 12.4. The van der Waals surface area contributed by atoms with Crippen LogP contribution in [0.5, 0.6) is 0 Å². The molecule has 7 nitrogen and oxygen atoms in total. The van der Waals surface area contributed by atoms with Gasteiger partial charge < -0.3 is 15.1 Å². The third-order valence-electron chi connectivity index (χ3n) is 5.71. The molecule has 34 heavy (non-hydrogen) atoms. The van der Waals surface area contributed by atoms with Crippen LogP contribution in [0.4, 0.5) is 5.82 Å². The Morgan fingerprint density at radius 1 is 1.09 bits per heavy atom. The molecule has 5 aromatic rings. The highest BCUT2D eigenvalue weighted by molar-refractivity contribution is 5.94. The van der Waals surface area contributed by atoms with E-state index in [0.29, 0.717) is 11.5 Å². The Morgan fingerprint density at radius 3 is 2.82 bits per heavy atom. The number of aryl methyl sites for hydroxylation is 1. The second-order valence-electron chi connectivity index (χ2n) is 7.99. The molecule has 168 valence electrons. The molecule has 0 saturated carbocycles. The summed E-state index contributed by atoms with van der Waals surface area (Å²) in [5.41, 5.74) is 5.68. The number of anilines is 1. The standard InChI is InChI=1S/C27H23N5O2/c1-17-26(32-14-5-4-6-25(32)29-17)21-9-12-24(31-27(33)18(2)28-3)30-22(21)10-7-19-8-11-23-20(16-19)13-15-34-23/h4-6,8-9,11-16,18,28H,1-3H3,(H,30,31,33). The van der Waals surface area contributed by atoms with E-state index in [2.05, 4.69) is 27.5 Å². The lowest BCUT2D eigenvalue weighted by atomic mass is 10.1. The fraction of sp³-hybridized carbons (Fsp3) is 0.148. The summed E-state index contributed by atoms with van der Waals surface area (Å²) >= 11 is 0. The van der Waals surface area contributed by atoms with E-state index in [9.17, 15) is 4.79 Å². The first-order chi connectivity index (χ1) is 16.5. The summed E-state index contributed by atoms with van der Waals surface area (Å²) in [6, 6.07) is 17.0. The normalized spacial score (nSPS) is 11.9. The van der Waals surface area contributed by atoms with E-state index in [-0.39, 0.29) is 11.9 Å². The van der Waals surface area contributed by atoms with Gasteiger partial charge in [-0.3, -0.25) is 9.20 Å². The topological polar surface area (TPSA) is 84.5 Å². The van der Waals surface area contributed by atoms with Crippen LogP contribution in [0.25, 0.3) is 27.9 Å². The minimum atomic E-state index is -0.348. The molecule has 4 heterocycles. The quantitative estimate of drug-likeness (QED) is 0.398. The molecule has 1 unspecified atom stereocenters. The first-order valence-corrected chi connectivity index (χ1v) is 11.0. The summed E-state index contributed by atoms with van der Waals surface area (Å²) in [5.74, 6) is 6.72. The summed E-state index contributed by atoms with van der Waals surface area (Å²) in [5, 5.41) is 6.78. The lowest BCUT2D eigenvalue weighted by molar-refractivity contribution is -0.117. The average Bonchev–Trinajstić information content (AvgIpc) is 3.45. The smallest absolute Gasteiger partial charge is 0.242 e. The Bertz CT molecular complexity index is 1590. The number of nitrogens with zero attached hydrogens (tertiary/aromatic N) is 3. The van der Waals surface area contributed by atoms with Crippen molar-refractivity contribution >= 4 is 28.3 Å². The van der Waals surface area contributed by atoms with E-state index in [1.54, 1.807) is 26.3 Å². The van der Waals surface area contributed by atoms with Crippen LogP contribution in [0.2, 0.25) is 0 Å². The van der Waals surface area contributed by atoms with Crippen molar-refractivity contribution in [1.82, 2.24) is 19.7 Å². The van der Waals surface area contributed by atoms with E-state index in [1.165, 1.54) is 0 Å². The van der Waals surface area contributed by atoms with Gasteiger partial charge in [0.2, 0.25) is 5.91 Å². The van der Waals surface area contributed by atoms with Gasteiger partial charge in [-0.05, 0) is 75.3 Å². The fourth-order valence-electron chi connectivity index (χ4n) is 3.79. The highest BCUT2D eigenvalue weighted by Crippen LogP contribution is 2.28.